The van der Waals surface area contributed by atoms with E-state index in [0.717, 1.165) is 65.6 Å². The first-order valence-corrected chi connectivity index (χ1v) is 22.5. The molecule has 3 saturated heterocycles. The first-order chi connectivity index (χ1) is 29.8. The van der Waals surface area contributed by atoms with Crippen molar-refractivity contribution in [1.82, 2.24) is 29.1 Å². The van der Waals surface area contributed by atoms with E-state index in [9.17, 15) is 9.59 Å². The minimum atomic E-state index is -0.373. The Labute approximate surface area is 430 Å². The fourth-order valence-corrected chi connectivity index (χ4v) is 9.56. The van der Waals surface area contributed by atoms with Crippen molar-refractivity contribution in [2.45, 2.75) is 119 Å². The molecule has 4 aromatic heterocycles. The van der Waals surface area contributed by atoms with Crippen LogP contribution in [0.25, 0.3) is 33.2 Å². The summed E-state index contributed by atoms with van der Waals surface area (Å²) in [5.41, 5.74) is 19.9. The number of carbonyl (C=O) groups excluding carboxylic acids is 2. The number of anilines is 4. The Bertz CT molecular complexity index is 2800. The van der Waals surface area contributed by atoms with Crippen molar-refractivity contribution in [3.63, 3.8) is 0 Å². The van der Waals surface area contributed by atoms with Crippen LogP contribution in [-0.4, -0.2) is 71.3 Å². The van der Waals surface area contributed by atoms with Crippen LogP contribution in [-0.2, 0) is 33.0 Å². The minimum absolute atomic E-state index is 0. The molecule has 352 valence electrons. The molecule has 3 aliphatic heterocycles. The number of amides is 2. The average molecular weight is 1210 g/mol. The Morgan fingerprint density at radius 2 is 1.12 bits per heavy atom. The molecular formula is C48H66BBrN10O4SU. The van der Waals surface area contributed by atoms with Gasteiger partial charge >= 0.3 is 7.12 Å². The number of fused-ring (bicyclic) bond motifs is 2. The summed E-state index contributed by atoms with van der Waals surface area (Å²) >= 11 is 3.39. The molecule has 2 amide bonds. The minimum Gasteiger partial charge on any atom is -0.399 e. The van der Waals surface area contributed by atoms with Crippen LogP contribution in [0, 0.1) is 55.8 Å². The quantitative estimate of drug-likeness (QED) is 0.163. The first kappa shape index (κ1) is 53.0. The molecule has 0 bridgehead atoms. The van der Waals surface area contributed by atoms with Crippen LogP contribution in [0.4, 0.5) is 23.0 Å². The van der Waals surface area contributed by atoms with Crippen molar-refractivity contribution in [1.29, 1.82) is 0 Å². The van der Waals surface area contributed by atoms with E-state index >= 15 is 0 Å². The third kappa shape index (κ3) is 9.70. The normalized spacial score (nSPS) is 20.1. The number of rotatable bonds is 4. The van der Waals surface area contributed by atoms with Crippen molar-refractivity contribution in [3.05, 3.63) is 77.0 Å². The predicted molar refractivity (Wildman–Crippen MR) is 274 cm³/mol. The van der Waals surface area contributed by atoms with Gasteiger partial charge in [0.1, 0.15) is 35.6 Å². The van der Waals surface area contributed by atoms with Crippen molar-refractivity contribution < 1.29 is 51.4 Å². The molecule has 4 N–H and O–H groups in total. The van der Waals surface area contributed by atoms with Crippen molar-refractivity contribution >= 4 is 98.9 Å². The van der Waals surface area contributed by atoms with Crippen LogP contribution < -0.4 is 26.7 Å². The maximum Gasteiger partial charge on any atom is 0.495 e. The summed E-state index contributed by atoms with van der Waals surface area (Å²) in [6.07, 6.45) is 8.06. The van der Waals surface area contributed by atoms with Gasteiger partial charge in [0, 0.05) is 105 Å². The van der Waals surface area contributed by atoms with E-state index in [4.69, 9.17) is 20.8 Å². The number of hydrogen-bond acceptors (Lipinski definition) is 10. The number of hydrogen-bond donors (Lipinski definition) is 2. The van der Waals surface area contributed by atoms with Gasteiger partial charge in [-0.3, -0.25) is 9.59 Å². The van der Waals surface area contributed by atoms with Crippen LogP contribution in [0.2, 0.25) is 0 Å². The second-order valence-corrected chi connectivity index (χ2v) is 20.8. The number of benzene rings is 2. The van der Waals surface area contributed by atoms with E-state index in [1.807, 2.05) is 63.6 Å². The van der Waals surface area contributed by atoms with Gasteiger partial charge < -0.3 is 39.7 Å². The van der Waals surface area contributed by atoms with E-state index in [0.29, 0.717) is 24.5 Å². The predicted octanol–water partition coefficient (Wildman–Crippen LogP) is 8.79. The summed E-state index contributed by atoms with van der Waals surface area (Å²) in [6, 6.07) is 12.7. The second kappa shape index (κ2) is 19.2. The zero-order valence-electron chi connectivity index (χ0n) is 40.7. The van der Waals surface area contributed by atoms with E-state index in [1.54, 1.807) is 0 Å². The summed E-state index contributed by atoms with van der Waals surface area (Å²) in [7, 11) is 3.50. The van der Waals surface area contributed by atoms with Gasteiger partial charge in [0.15, 0.2) is 0 Å². The zero-order valence-corrected chi connectivity index (χ0v) is 47.4. The average Bonchev–Trinajstić information content (AvgIpc) is 3.88. The molecule has 3 fully saturated rings. The van der Waals surface area contributed by atoms with E-state index in [2.05, 4.69) is 137 Å². The summed E-state index contributed by atoms with van der Waals surface area (Å²) in [6.45, 7) is 25.2. The molecular weight excluding hydrogens is 1140 g/mol. The summed E-state index contributed by atoms with van der Waals surface area (Å²) in [4.78, 5) is 45.5. The monoisotopic (exact) mass is 1210 g/mol. The van der Waals surface area contributed by atoms with Gasteiger partial charge in [-0.15, -0.1) is 0 Å². The van der Waals surface area contributed by atoms with E-state index < -0.39 is 0 Å². The third-order valence-electron chi connectivity index (χ3n) is 14.1. The van der Waals surface area contributed by atoms with Crippen LogP contribution in [0.3, 0.4) is 0 Å². The van der Waals surface area contributed by atoms with Gasteiger partial charge in [-0.05, 0) is 129 Å². The Kier molecular flexibility index (Phi) is 15.5. The standard InChI is InChI=1S/C21H25N5O.C20H30BNO3.C7H7BrN4.H2S.U.H2/c1-12-8-14(26-13(2)21(3,4)9-17(26)27)6-7-15(12)16-10-25(5)20-18(16)19(22)23-11-24-20;1-13-11-15(22-14(2)18(3,4)12-17(22)23)9-10-16(13)21-24-19(5,6)20(7,8)25-21;1-12-2-4(8)5-6(9)10-3-11-7(5)12;;;/h6-8,10-11,13H,9H2,1-5H3,(H2,22,23,24);9-11,14H,12H2,1-8H3;2-3H,1H3,(H2,9,10,11);1H2;;1H/i;;;;;1+2. The molecule has 7 heterocycles. The fraction of sp³-hybridized carbons (Fsp3) is 0.458. The molecule has 18 heteroatoms. The molecule has 0 aliphatic carbocycles. The molecule has 0 spiro atoms. The maximum atomic E-state index is 12.6. The second-order valence-electron chi connectivity index (χ2n) is 20.0. The molecule has 6 aromatic rings. The molecule has 2 unspecified atom stereocenters. The molecule has 9 rings (SSSR count). The number of carbonyl (C=O) groups is 2. The third-order valence-corrected chi connectivity index (χ3v) is 14.7. The van der Waals surface area contributed by atoms with Crippen molar-refractivity contribution in [2.75, 3.05) is 21.3 Å². The maximum absolute atomic E-state index is 12.6. The Morgan fingerprint density at radius 3 is 1.56 bits per heavy atom. The Hall–Kier alpha value is -3.91. The summed E-state index contributed by atoms with van der Waals surface area (Å²) in [5.74, 6) is 1.36. The Morgan fingerprint density at radius 1 is 0.682 bits per heavy atom. The number of aryl methyl sites for hydroxylation is 4. The van der Waals surface area contributed by atoms with Gasteiger partial charge in [0.25, 0.3) is 0 Å². The van der Waals surface area contributed by atoms with Crippen molar-refractivity contribution in [2.24, 2.45) is 24.9 Å². The van der Waals surface area contributed by atoms with Gasteiger partial charge in [-0.1, -0.05) is 39.8 Å². The molecule has 0 radical (unpaired) electrons. The summed E-state index contributed by atoms with van der Waals surface area (Å²) < 4.78 is 17.1. The zero-order chi connectivity index (χ0) is 47.0. The van der Waals surface area contributed by atoms with E-state index in [1.165, 1.54) is 12.7 Å². The van der Waals surface area contributed by atoms with Crippen molar-refractivity contribution in [3.8, 4) is 11.1 Å². The van der Waals surface area contributed by atoms with Crippen LogP contribution in [0.15, 0.2) is 65.9 Å². The van der Waals surface area contributed by atoms with Gasteiger partial charge in [0.2, 0.25) is 11.8 Å². The number of nitrogens with two attached hydrogens (primary N) is 2. The van der Waals surface area contributed by atoms with Gasteiger partial charge in [-0.2, -0.15) is 13.5 Å². The van der Waals surface area contributed by atoms with Crippen LogP contribution in [0.5, 0.6) is 0 Å². The molecule has 0 saturated carbocycles. The first-order valence-electron chi connectivity index (χ1n) is 21.7. The van der Waals surface area contributed by atoms with Gasteiger partial charge in [-0.25, -0.2) is 19.9 Å². The van der Waals surface area contributed by atoms with Gasteiger partial charge in [0.05, 0.1) is 22.0 Å². The van der Waals surface area contributed by atoms with Crippen LogP contribution in [0.1, 0.15) is 94.6 Å². The number of nitrogen functional groups attached to an aromatic ring is 2. The molecule has 2 aromatic carbocycles. The number of aromatic nitrogens is 6. The topological polar surface area (TPSA) is 173 Å². The Balaban J connectivity index is 0.000000228. The SMILES string of the molecule is Cc1cc(N2C(=O)CC(C)(C)C2C)ccc1-c1cn(C)c2ncnc(N)c12.Cc1cc(N2C(=O)CC(C)(C)C2C)ccc1B1OC(C)(C)C(C)(C)O1.Cn1cc(Br)c2c(N)ncnc21.S.[3HH].[U]. The fourth-order valence-electron chi connectivity index (χ4n) is 8.88. The summed E-state index contributed by atoms with van der Waals surface area (Å²) in [5, 5.41) is 1.74. The molecule has 66 heavy (non-hydrogen) atoms. The number of nitrogens with zero attached hydrogens (tertiary/aromatic N) is 8. The number of halogens is 1. The van der Waals surface area contributed by atoms with E-state index in [-0.39, 0.29) is 99.1 Å². The molecule has 3 aliphatic rings. The molecule has 2 atom stereocenters. The largest absolute Gasteiger partial charge is 0.495 e. The van der Waals surface area contributed by atoms with Crippen LogP contribution >= 0.6 is 29.4 Å². The smallest absolute Gasteiger partial charge is 0.399 e. The molecule has 14 nitrogen and oxygen atoms in total.